The van der Waals surface area contributed by atoms with Crippen molar-refractivity contribution in [1.29, 1.82) is 0 Å². The van der Waals surface area contributed by atoms with Gasteiger partial charge in [0.25, 0.3) is 5.91 Å². The monoisotopic (exact) mass is 303 g/mol. The molecule has 1 aromatic carbocycles. The number of nitrogens with two attached hydrogens (primary N) is 1. The molecule has 21 heavy (non-hydrogen) atoms. The van der Waals surface area contributed by atoms with Gasteiger partial charge in [-0.05, 0) is 39.1 Å². The maximum absolute atomic E-state index is 12.8. The number of benzene rings is 1. The molecule has 0 radical (unpaired) electrons. The molecule has 0 atom stereocenters. The molecule has 1 fully saturated rings. The lowest BCUT2D eigenvalue weighted by Crippen LogP contribution is -2.34. The summed E-state index contributed by atoms with van der Waals surface area (Å²) in [6, 6.07) is 6.18. The van der Waals surface area contributed by atoms with Gasteiger partial charge in [-0.2, -0.15) is 0 Å². The number of thiophene rings is 1. The normalized spacial score (nSPS) is 17.1. The SMILES string of the molecule is Cc1ccc2sc(C(=O)N3CCCN(C)CC3)c(N)c2c1. The first-order chi connectivity index (χ1) is 10.1. The average molecular weight is 303 g/mol. The largest absolute Gasteiger partial charge is 0.397 e. The lowest BCUT2D eigenvalue weighted by atomic mass is 10.1. The number of hydrogen-bond acceptors (Lipinski definition) is 4. The fourth-order valence-corrected chi connectivity index (χ4v) is 3.85. The third-order valence-corrected chi connectivity index (χ3v) is 5.26. The summed E-state index contributed by atoms with van der Waals surface area (Å²) in [5, 5.41) is 1.01. The van der Waals surface area contributed by atoms with Crippen molar-refractivity contribution >= 4 is 33.0 Å². The minimum absolute atomic E-state index is 0.0849. The Hall–Kier alpha value is -1.59. The number of carbonyl (C=O) groups excluding carboxylic acids is 1. The molecule has 0 unspecified atom stereocenters. The van der Waals surface area contributed by atoms with Gasteiger partial charge in [0.15, 0.2) is 0 Å². The molecule has 1 aromatic heterocycles. The van der Waals surface area contributed by atoms with Crippen LogP contribution in [-0.2, 0) is 0 Å². The van der Waals surface area contributed by atoms with Crippen LogP contribution in [0.1, 0.15) is 21.7 Å². The number of anilines is 1. The molecule has 5 heteroatoms. The molecule has 0 spiro atoms. The Labute approximate surface area is 129 Å². The Morgan fingerprint density at radius 2 is 2.05 bits per heavy atom. The molecule has 2 heterocycles. The molecule has 1 aliphatic rings. The van der Waals surface area contributed by atoms with Crippen LogP contribution in [0.3, 0.4) is 0 Å². The van der Waals surface area contributed by atoms with Crippen LogP contribution in [0, 0.1) is 6.92 Å². The first kappa shape index (κ1) is 14.4. The Kier molecular flexibility index (Phi) is 3.87. The lowest BCUT2D eigenvalue weighted by molar-refractivity contribution is 0.0768. The van der Waals surface area contributed by atoms with Gasteiger partial charge < -0.3 is 15.5 Å². The van der Waals surface area contributed by atoms with Gasteiger partial charge in [0, 0.05) is 29.7 Å². The van der Waals surface area contributed by atoms with E-state index in [1.54, 1.807) is 0 Å². The van der Waals surface area contributed by atoms with E-state index in [1.807, 2.05) is 11.8 Å². The molecule has 2 N–H and O–H groups in total. The zero-order valence-corrected chi connectivity index (χ0v) is 13.4. The molecule has 1 amide bonds. The second-order valence-electron chi connectivity index (χ2n) is 5.79. The summed E-state index contributed by atoms with van der Waals surface area (Å²) in [5.74, 6) is 0.0849. The molecule has 0 bridgehead atoms. The number of carbonyl (C=O) groups is 1. The van der Waals surface area contributed by atoms with E-state index >= 15 is 0 Å². The van der Waals surface area contributed by atoms with Crippen LogP contribution < -0.4 is 5.73 Å². The van der Waals surface area contributed by atoms with Crippen molar-refractivity contribution in [3.05, 3.63) is 28.6 Å². The minimum Gasteiger partial charge on any atom is -0.397 e. The first-order valence-electron chi connectivity index (χ1n) is 7.32. The summed E-state index contributed by atoms with van der Waals surface area (Å²) in [4.78, 5) is 17.7. The predicted octanol–water partition coefficient (Wildman–Crippen LogP) is 2.57. The molecule has 1 aliphatic heterocycles. The maximum atomic E-state index is 12.8. The van der Waals surface area contributed by atoms with Crippen LogP contribution >= 0.6 is 11.3 Å². The van der Waals surface area contributed by atoms with E-state index in [0.29, 0.717) is 10.6 Å². The van der Waals surface area contributed by atoms with E-state index < -0.39 is 0 Å². The summed E-state index contributed by atoms with van der Waals surface area (Å²) in [7, 11) is 2.10. The molecule has 3 rings (SSSR count). The highest BCUT2D eigenvalue weighted by Crippen LogP contribution is 2.35. The summed E-state index contributed by atoms with van der Waals surface area (Å²) in [6.07, 6.45) is 1.02. The van der Waals surface area contributed by atoms with Crippen molar-refractivity contribution in [2.75, 3.05) is 39.0 Å². The van der Waals surface area contributed by atoms with Gasteiger partial charge in [-0.1, -0.05) is 11.6 Å². The molecule has 0 saturated carbocycles. The molecular formula is C16H21N3OS. The molecule has 1 saturated heterocycles. The number of nitrogens with zero attached hydrogens (tertiary/aromatic N) is 2. The summed E-state index contributed by atoms with van der Waals surface area (Å²) < 4.78 is 1.09. The van der Waals surface area contributed by atoms with E-state index in [2.05, 4.69) is 30.1 Å². The highest BCUT2D eigenvalue weighted by molar-refractivity contribution is 7.21. The van der Waals surface area contributed by atoms with Gasteiger partial charge in [0.2, 0.25) is 0 Å². The van der Waals surface area contributed by atoms with Crippen molar-refractivity contribution in [3.8, 4) is 0 Å². The number of hydrogen-bond donors (Lipinski definition) is 1. The summed E-state index contributed by atoms with van der Waals surface area (Å²) in [5.41, 5.74) is 8.04. The van der Waals surface area contributed by atoms with Gasteiger partial charge in [-0.15, -0.1) is 11.3 Å². The summed E-state index contributed by atoms with van der Waals surface area (Å²) in [6.45, 7) is 5.61. The van der Waals surface area contributed by atoms with Crippen molar-refractivity contribution < 1.29 is 4.79 Å². The van der Waals surface area contributed by atoms with Crippen LogP contribution in [0.25, 0.3) is 10.1 Å². The fourth-order valence-electron chi connectivity index (χ4n) is 2.78. The van der Waals surface area contributed by atoms with E-state index in [1.165, 1.54) is 16.9 Å². The van der Waals surface area contributed by atoms with Crippen molar-refractivity contribution in [3.63, 3.8) is 0 Å². The van der Waals surface area contributed by atoms with Crippen molar-refractivity contribution in [1.82, 2.24) is 9.80 Å². The Morgan fingerprint density at radius 1 is 1.24 bits per heavy atom. The molecular weight excluding hydrogens is 282 g/mol. The zero-order chi connectivity index (χ0) is 15.0. The first-order valence-corrected chi connectivity index (χ1v) is 8.14. The fraction of sp³-hybridized carbons (Fsp3) is 0.438. The quantitative estimate of drug-likeness (QED) is 0.881. The lowest BCUT2D eigenvalue weighted by Gasteiger charge is -2.20. The summed E-state index contributed by atoms with van der Waals surface area (Å²) >= 11 is 1.51. The Morgan fingerprint density at radius 3 is 2.86 bits per heavy atom. The average Bonchev–Trinajstić information content (AvgIpc) is 2.64. The number of rotatable bonds is 1. The topological polar surface area (TPSA) is 49.6 Å². The highest BCUT2D eigenvalue weighted by atomic mass is 32.1. The third kappa shape index (κ3) is 2.76. The Bertz CT molecular complexity index is 679. The van der Waals surface area contributed by atoms with Gasteiger partial charge >= 0.3 is 0 Å². The maximum Gasteiger partial charge on any atom is 0.266 e. The number of nitrogen functional groups attached to an aromatic ring is 1. The van der Waals surface area contributed by atoms with Crippen molar-refractivity contribution in [2.45, 2.75) is 13.3 Å². The molecule has 0 aliphatic carbocycles. The number of amides is 1. The molecule has 112 valence electrons. The zero-order valence-electron chi connectivity index (χ0n) is 12.6. The van der Waals surface area contributed by atoms with Gasteiger partial charge in [-0.25, -0.2) is 0 Å². The van der Waals surface area contributed by atoms with E-state index in [9.17, 15) is 4.79 Å². The second kappa shape index (κ2) is 5.66. The molecule has 4 nitrogen and oxygen atoms in total. The van der Waals surface area contributed by atoms with Gasteiger partial charge in [0.05, 0.1) is 5.69 Å². The van der Waals surface area contributed by atoms with Crippen LogP contribution in [0.5, 0.6) is 0 Å². The number of aryl methyl sites for hydroxylation is 1. The van der Waals surface area contributed by atoms with Crippen LogP contribution in [0.4, 0.5) is 5.69 Å². The number of likely N-dealkylation sites (N-methyl/N-ethyl adjacent to an activating group) is 1. The standard InChI is InChI=1S/C16H21N3OS/c1-11-4-5-13-12(10-11)14(17)15(21-13)16(20)19-7-3-6-18(2)8-9-19/h4-5,10H,3,6-9,17H2,1-2H3. The van der Waals surface area contributed by atoms with Crippen molar-refractivity contribution in [2.24, 2.45) is 0 Å². The Balaban J connectivity index is 1.92. The van der Waals surface area contributed by atoms with Crippen LogP contribution in [-0.4, -0.2) is 48.9 Å². The van der Waals surface area contributed by atoms with Gasteiger partial charge in [0.1, 0.15) is 4.88 Å². The number of fused-ring (bicyclic) bond motifs is 1. The molecule has 2 aromatic rings. The van der Waals surface area contributed by atoms with Crippen LogP contribution in [0.15, 0.2) is 18.2 Å². The minimum atomic E-state index is 0.0849. The van der Waals surface area contributed by atoms with E-state index in [-0.39, 0.29) is 5.91 Å². The smallest absolute Gasteiger partial charge is 0.266 e. The van der Waals surface area contributed by atoms with E-state index in [0.717, 1.165) is 42.7 Å². The third-order valence-electron chi connectivity index (χ3n) is 4.08. The van der Waals surface area contributed by atoms with Gasteiger partial charge in [-0.3, -0.25) is 4.79 Å². The van der Waals surface area contributed by atoms with E-state index in [4.69, 9.17) is 5.73 Å². The van der Waals surface area contributed by atoms with Crippen LogP contribution in [0.2, 0.25) is 0 Å². The highest BCUT2D eigenvalue weighted by Gasteiger charge is 2.23. The second-order valence-corrected chi connectivity index (χ2v) is 6.85. The predicted molar refractivity (Wildman–Crippen MR) is 89.0 cm³/mol.